The summed E-state index contributed by atoms with van der Waals surface area (Å²) >= 11 is 0. The van der Waals surface area contributed by atoms with Gasteiger partial charge in [-0.15, -0.1) is 13.2 Å². The number of aromatic nitrogens is 3. The molecule has 6 nitrogen and oxygen atoms in total. The lowest BCUT2D eigenvalue weighted by Gasteiger charge is -2.14. The Labute approximate surface area is 172 Å². The quantitative estimate of drug-likeness (QED) is 0.582. The van der Waals surface area contributed by atoms with Crippen LogP contribution in [0.1, 0.15) is 34.8 Å². The molecule has 3 aromatic rings. The summed E-state index contributed by atoms with van der Waals surface area (Å²) in [7, 11) is 1.43. The van der Waals surface area contributed by atoms with Gasteiger partial charge in [-0.2, -0.15) is 5.10 Å². The van der Waals surface area contributed by atoms with Crippen LogP contribution in [-0.4, -0.2) is 27.0 Å². The summed E-state index contributed by atoms with van der Waals surface area (Å²) in [6.45, 7) is 0. The molecule has 1 aliphatic rings. The van der Waals surface area contributed by atoms with Gasteiger partial charge in [0.1, 0.15) is 11.4 Å². The number of hydrogen-bond acceptors (Lipinski definition) is 4. The molecule has 1 amide bonds. The maximum Gasteiger partial charge on any atom is 0.573 e. The molecule has 2 aromatic heterocycles. The van der Waals surface area contributed by atoms with E-state index in [0.29, 0.717) is 0 Å². The number of amides is 1. The molecule has 11 heteroatoms. The van der Waals surface area contributed by atoms with E-state index < -0.39 is 35.3 Å². The summed E-state index contributed by atoms with van der Waals surface area (Å²) in [6, 6.07) is 5.59. The molecule has 2 heterocycles. The van der Waals surface area contributed by atoms with Gasteiger partial charge < -0.3 is 10.1 Å². The van der Waals surface area contributed by atoms with Crippen LogP contribution in [0.5, 0.6) is 5.75 Å². The number of ether oxygens (including phenoxy) is 1. The zero-order valence-corrected chi connectivity index (χ0v) is 16.0. The van der Waals surface area contributed by atoms with Crippen LogP contribution in [0.4, 0.5) is 27.6 Å². The van der Waals surface area contributed by atoms with E-state index in [4.69, 9.17) is 0 Å². The van der Waals surface area contributed by atoms with Crippen molar-refractivity contribution in [3.05, 3.63) is 59.6 Å². The second-order valence-electron chi connectivity index (χ2n) is 7.05. The van der Waals surface area contributed by atoms with Gasteiger partial charge in [0.25, 0.3) is 5.91 Å². The normalized spacial score (nSPS) is 13.9. The summed E-state index contributed by atoms with van der Waals surface area (Å²) in [4.78, 5) is 15.8. The molecular formula is C20H15F5N4O2. The largest absolute Gasteiger partial charge is 0.573 e. The minimum atomic E-state index is -4.91. The first-order chi connectivity index (χ1) is 14.6. The standard InChI is InChI=1S/C20H15F5N4O2/c1-29-16(7-15(28-29)19(30)27-18-13(21)8-26-9-14(18)22)12-6-11(10-2-3-10)4-5-17(12)31-20(23,24)25/h4-10H,2-3H2,1H3,(H,26,27,30). The molecule has 0 radical (unpaired) electrons. The summed E-state index contributed by atoms with van der Waals surface area (Å²) in [5, 5.41) is 6.04. The Bertz CT molecular complexity index is 1130. The van der Waals surface area contributed by atoms with E-state index >= 15 is 0 Å². The number of alkyl halides is 3. The van der Waals surface area contributed by atoms with Crippen LogP contribution >= 0.6 is 0 Å². The van der Waals surface area contributed by atoms with E-state index in [1.807, 2.05) is 0 Å². The number of rotatable bonds is 5. The number of halogens is 5. The number of anilines is 1. The maximum atomic E-state index is 13.7. The minimum Gasteiger partial charge on any atom is -0.405 e. The van der Waals surface area contributed by atoms with Crippen molar-refractivity contribution < 1.29 is 31.5 Å². The van der Waals surface area contributed by atoms with Crippen molar-refractivity contribution in [3.8, 4) is 17.0 Å². The van der Waals surface area contributed by atoms with Gasteiger partial charge in [-0.05, 0) is 42.5 Å². The second kappa shape index (κ2) is 7.64. The molecule has 1 N–H and O–H groups in total. The van der Waals surface area contributed by atoms with E-state index in [2.05, 4.69) is 20.1 Å². The molecule has 0 saturated heterocycles. The van der Waals surface area contributed by atoms with Crippen LogP contribution in [0.25, 0.3) is 11.3 Å². The Balaban J connectivity index is 1.70. The topological polar surface area (TPSA) is 69.0 Å². The first-order valence-corrected chi connectivity index (χ1v) is 9.17. The Kier molecular flexibility index (Phi) is 5.11. The van der Waals surface area contributed by atoms with Gasteiger partial charge in [-0.1, -0.05) is 6.07 Å². The molecule has 0 atom stereocenters. The Hall–Kier alpha value is -3.50. The van der Waals surface area contributed by atoms with E-state index in [9.17, 15) is 26.7 Å². The zero-order chi connectivity index (χ0) is 22.3. The van der Waals surface area contributed by atoms with Gasteiger partial charge >= 0.3 is 6.36 Å². The lowest BCUT2D eigenvalue weighted by atomic mass is 10.0. The fourth-order valence-electron chi connectivity index (χ4n) is 3.17. The second-order valence-corrected chi connectivity index (χ2v) is 7.05. The highest BCUT2D eigenvalue weighted by molar-refractivity contribution is 6.03. The number of nitrogens with zero attached hydrogens (tertiary/aromatic N) is 3. The molecule has 0 bridgehead atoms. The van der Waals surface area contributed by atoms with E-state index in [1.54, 1.807) is 12.1 Å². The number of carbonyl (C=O) groups is 1. The summed E-state index contributed by atoms with van der Waals surface area (Å²) in [6.07, 6.45) is -1.59. The van der Waals surface area contributed by atoms with Crippen LogP contribution in [0.15, 0.2) is 36.7 Å². The third-order valence-corrected chi connectivity index (χ3v) is 4.76. The summed E-state index contributed by atoms with van der Waals surface area (Å²) < 4.78 is 71.5. The molecule has 31 heavy (non-hydrogen) atoms. The van der Waals surface area contributed by atoms with Gasteiger partial charge in [-0.3, -0.25) is 14.5 Å². The van der Waals surface area contributed by atoms with Crippen molar-refractivity contribution in [1.82, 2.24) is 14.8 Å². The Morgan fingerprint density at radius 1 is 1.16 bits per heavy atom. The Morgan fingerprint density at radius 2 is 1.84 bits per heavy atom. The number of nitrogens with one attached hydrogen (secondary N) is 1. The molecule has 0 spiro atoms. The van der Waals surface area contributed by atoms with Gasteiger partial charge in [0.15, 0.2) is 17.3 Å². The van der Waals surface area contributed by atoms with E-state index in [0.717, 1.165) is 30.8 Å². The van der Waals surface area contributed by atoms with E-state index in [-0.39, 0.29) is 22.9 Å². The molecule has 1 saturated carbocycles. The molecule has 1 aliphatic carbocycles. The van der Waals surface area contributed by atoms with Gasteiger partial charge in [-0.25, -0.2) is 8.78 Å². The predicted molar refractivity (Wildman–Crippen MR) is 99.4 cm³/mol. The maximum absolute atomic E-state index is 13.7. The molecule has 4 rings (SSSR count). The Morgan fingerprint density at radius 3 is 2.45 bits per heavy atom. The fourth-order valence-corrected chi connectivity index (χ4v) is 3.17. The van der Waals surface area contributed by atoms with Crippen LogP contribution in [0.2, 0.25) is 0 Å². The average Bonchev–Trinajstić information content (AvgIpc) is 3.46. The molecule has 1 aromatic carbocycles. The van der Waals surface area contributed by atoms with Crippen molar-refractivity contribution in [2.24, 2.45) is 7.05 Å². The van der Waals surface area contributed by atoms with E-state index in [1.165, 1.54) is 23.9 Å². The molecule has 0 unspecified atom stereocenters. The van der Waals surface area contributed by atoms with Crippen LogP contribution in [-0.2, 0) is 7.05 Å². The van der Waals surface area contributed by atoms with Crippen LogP contribution in [0, 0.1) is 11.6 Å². The number of carbonyl (C=O) groups excluding carboxylic acids is 1. The van der Waals surface area contributed by atoms with Crippen LogP contribution < -0.4 is 10.1 Å². The molecular weight excluding hydrogens is 423 g/mol. The van der Waals surface area contributed by atoms with Crippen molar-refractivity contribution in [1.29, 1.82) is 0 Å². The monoisotopic (exact) mass is 438 g/mol. The van der Waals surface area contributed by atoms with Crippen molar-refractivity contribution in [2.75, 3.05) is 5.32 Å². The summed E-state index contributed by atoms with van der Waals surface area (Å²) in [5.74, 6) is -3.29. The molecule has 162 valence electrons. The van der Waals surface area contributed by atoms with Crippen molar-refractivity contribution in [2.45, 2.75) is 25.1 Å². The third kappa shape index (κ3) is 4.49. The highest BCUT2D eigenvalue weighted by Gasteiger charge is 2.34. The number of hydrogen-bond donors (Lipinski definition) is 1. The predicted octanol–water partition coefficient (Wildman–Crippen LogP) is 4.79. The first-order valence-electron chi connectivity index (χ1n) is 9.17. The van der Waals surface area contributed by atoms with Gasteiger partial charge in [0.05, 0.1) is 18.1 Å². The van der Waals surface area contributed by atoms with Crippen LogP contribution in [0.3, 0.4) is 0 Å². The van der Waals surface area contributed by atoms with Crippen molar-refractivity contribution >= 4 is 11.6 Å². The summed E-state index contributed by atoms with van der Waals surface area (Å²) in [5.41, 5.74) is 0.157. The minimum absolute atomic E-state index is 0.0945. The smallest absolute Gasteiger partial charge is 0.405 e. The SMILES string of the molecule is Cn1nc(C(=O)Nc2c(F)cncc2F)cc1-c1cc(C2CC2)ccc1OC(F)(F)F. The molecule has 1 fully saturated rings. The van der Waals surface area contributed by atoms with Crippen molar-refractivity contribution in [3.63, 3.8) is 0 Å². The highest BCUT2D eigenvalue weighted by Crippen LogP contribution is 2.44. The fraction of sp³-hybridized carbons (Fsp3) is 0.250. The molecule has 0 aliphatic heterocycles. The first kappa shape index (κ1) is 20.8. The van der Waals surface area contributed by atoms with Gasteiger partial charge in [0.2, 0.25) is 0 Å². The number of benzene rings is 1. The number of pyridine rings is 1. The third-order valence-electron chi connectivity index (χ3n) is 4.76. The average molecular weight is 438 g/mol. The number of aryl methyl sites for hydroxylation is 1. The zero-order valence-electron chi connectivity index (χ0n) is 16.0. The lowest BCUT2D eigenvalue weighted by molar-refractivity contribution is -0.274. The lowest BCUT2D eigenvalue weighted by Crippen LogP contribution is -2.18. The highest BCUT2D eigenvalue weighted by atomic mass is 19.4. The van der Waals surface area contributed by atoms with Gasteiger partial charge in [0, 0.05) is 12.6 Å².